The van der Waals surface area contributed by atoms with Crippen LogP contribution in [0.4, 0.5) is 5.00 Å². The second-order valence-corrected chi connectivity index (χ2v) is 7.91. The summed E-state index contributed by atoms with van der Waals surface area (Å²) in [6, 6.07) is 7.80. The second kappa shape index (κ2) is 9.50. The molecule has 1 atom stereocenters. The fourth-order valence-corrected chi connectivity index (χ4v) is 3.87. The van der Waals surface area contributed by atoms with Crippen LogP contribution < -0.4 is 10.6 Å². The zero-order chi connectivity index (χ0) is 20.8. The molecule has 150 valence electrons. The highest BCUT2D eigenvalue weighted by Crippen LogP contribution is 2.33. The van der Waals surface area contributed by atoms with Crippen molar-refractivity contribution in [1.82, 2.24) is 5.32 Å². The van der Waals surface area contributed by atoms with Gasteiger partial charge in [0.2, 0.25) is 5.91 Å². The van der Waals surface area contributed by atoms with Gasteiger partial charge < -0.3 is 15.4 Å². The van der Waals surface area contributed by atoms with E-state index in [0.29, 0.717) is 10.6 Å². The van der Waals surface area contributed by atoms with E-state index in [-0.39, 0.29) is 24.5 Å². The quantitative estimate of drug-likeness (QED) is 0.684. The van der Waals surface area contributed by atoms with Gasteiger partial charge in [0, 0.05) is 11.8 Å². The van der Waals surface area contributed by atoms with Crippen LogP contribution in [0.1, 0.15) is 58.2 Å². The molecule has 2 N–H and O–H groups in total. The standard InChI is InChI=1S/C21H26N2O4S/c1-6-17(16-9-7-12(2)8-10-16)23-18(25)11-27-21(26)19-13(3)14(4)28-20(19)22-15(5)24/h7-10,17H,6,11H2,1-5H3,(H,22,24)(H,23,25)/t17-/m1/s1. The van der Waals surface area contributed by atoms with Crippen molar-refractivity contribution in [3.63, 3.8) is 0 Å². The Bertz CT molecular complexity index is 871. The molecule has 1 aromatic heterocycles. The number of aryl methyl sites for hydroxylation is 2. The molecule has 2 amide bonds. The van der Waals surface area contributed by atoms with Crippen LogP contribution in [0.15, 0.2) is 24.3 Å². The molecule has 0 aliphatic rings. The SMILES string of the molecule is CC[C@@H](NC(=O)COC(=O)c1c(NC(C)=O)sc(C)c1C)c1ccc(C)cc1. The topological polar surface area (TPSA) is 84.5 Å². The van der Waals surface area contributed by atoms with E-state index >= 15 is 0 Å². The first-order valence-electron chi connectivity index (χ1n) is 9.13. The van der Waals surface area contributed by atoms with E-state index in [0.717, 1.165) is 28.0 Å². The predicted octanol–water partition coefficient (Wildman–Crippen LogP) is 4.06. The summed E-state index contributed by atoms with van der Waals surface area (Å²) >= 11 is 1.31. The molecule has 0 spiro atoms. The molecule has 0 radical (unpaired) electrons. The fourth-order valence-electron chi connectivity index (χ4n) is 2.78. The third-order valence-corrected chi connectivity index (χ3v) is 5.56. The van der Waals surface area contributed by atoms with Gasteiger partial charge in [-0.15, -0.1) is 11.3 Å². The van der Waals surface area contributed by atoms with E-state index in [9.17, 15) is 14.4 Å². The van der Waals surface area contributed by atoms with Crippen LogP contribution in [0.25, 0.3) is 0 Å². The van der Waals surface area contributed by atoms with Crippen LogP contribution >= 0.6 is 11.3 Å². The Labute approximate surface area is 169 Å². The lowest BCUT2D eigenvalue weighted by Gasteiger charge is -2.17. The molecule has 7 heteroatoms. The van der Waals surface area contributed by atoms with Crippen LogP contribution in [-0.4, -0.2) is 24.4 Å². The molecule has 0 unspecified atom stereocenters. The third-order valence-electron chi connectivity index (χ3n) is 4.44. The molecule has 0 aliphatic carbocycles. The zero-order valence-corrected chi connectivity index (χ0v) is 17.7. The van der Waals surface area contributed by atoms with Crippen molar-refractivity contribution < 1.29 is 19.1 Å². The minimum Gasteiger partial charge on any atom is -0.452 e. The van der Waals surface area contributed by atoms with Gasteiger partial charge in [0.05, 0.1) is 11.6 Å². The Morgan fingerprint density at radius 1 is 1.11 bits per heavy atom. The molecule has 28 heavy (non-hydrogen) atoms. The molecule has 2 aromatic rings. The maximum Gasteiger partial charge on any atom is 0.341 e. The first-order chi connectivity index (χ1) is 13.2. The molecule has 6 nitrogen and oxygen atoms in total. The van der Waals surface area contributed by atoms with Gasteiger partial charge in [0.15, 0.2) is 6.61 Å². The molecule has 1 aromatic carbocycles. The number of carbonyl (C=O) groups is 3. The van der Waals surface area contributed by atoms with Gasteiger partial charge in [-0.1, -0.05) is 36.8 Å². The van der Waals surface area contributed by atoms with Gasteiger partial charge in [0.1, 0.15) is 5.00 Å². The van der Waals surface area contributed by atoms with Gasteiger partial charge in [0.25, 0.3) is 5.91 Å². The Morgan fingerprint density at radius 2 is 1.75 bits per heavy atom. The van der Waals surface area contributed by atoms with Gasteiger partial charge in [-0.05, 0) is 38.3 Å². The number of rotatable bonds is 7. The average molecular weight is 403 g/mol. The highest BCUT2D eigenvalue weighted by molar-refractivity contribution is 7.16. The minimum absolute atomic E-state index is 0.146. The van der Waals surface area contributed by atoms with E-state index in [2.05, 4.69) is 10.6 Å². The number of carbonyl (C=O) groups excluding carboxylic acids is 3. The van der Waals surface area contributed by atoms with Crippen LogP contribution in [0.3, 0.4) is 0 Å². The van der Waals surface area contributed by atoms with Gasteiger partial charge in [-0.25, -0.2) is 4.79 Å². The number of amides is 2. The highest BCUT2D eigenvalue weighted by atomic mass is 32.1. The molecular formula is C21H26N2O4S. The summed E-state index contributed by atoms with van der Waals surface area (Å²) in [5.74, 6) is -1.26. The van der Waals surface area contributed by atoms with E-state index in [1.165, 1.54) is 18.3 Å². The van der Waals surface area contributed by atoms with Crippen molar-refractivity contribution in [2.45, 2.75) is 47.1 Å². The summed E-state index contributed by atoms with van der Waals surface area (Å²) in [6.45, 7) is 8.64. The second-order valence-electron chi connectivity index (χ2n) is 6.68. The van der Waals surface area contributed by atoms with E-state index < -0.39 is 5.97 Å². The zero-order valence-electron chi connectivity index (χ0n) is 16.8. The highest BCUT2D eigenvalue weighted by Gasteiger charge is 2.23. The fraction of sp³-hybridized carbons (Fsp3) is 0.381. The monoisotopic (exact) mass is 402 g/mol. The molecule has 0 saturated carbocycles. The summed E-state index contributed by atoms with van der Waals surface area (Å²) < 4.78 is 5.21. The Hall–Kier alpha value is -2.67. The van der Waals surface area contributed by atoms with Crippen LogP contribution in [0, 0.1) is 20.8 Å². The molecular weight excluding hydrogens is 376 g/mol. The Morgan fingerprint density at radius 3 is 2.32 bits per heavy atom. The first-order valence-corrected chi connectivity index (χ1v) is 9.95. The first kappa shape index (κ1) is 21.6. The van der Waals surface area contributed by atoms with Crippen molar-refractivity contribution in [2.75, 3.05) is 11.9 Å². The van der Waals surface area contributed by atoms with E-state index in [4.69, 9.17) is 4.74 Å². The van der Waals surface area contributed by atoms with Crippen molar-refractivity contribution >= 4 is 34.1 Å². The lowest BCUT2D eigenvalue weighted by molar-refractivity contribution is -0.125. The summed E-state index contributed by atoms with van der Waals surface area (Å²) in [5, 5.41) is 5.99. The lowest BCUT2D eigenvalue weighted by atomic mass is 10.0. The molecule has 0 bridgehead atoms. The normalized spacial score (nSPS) is 11.6. The smallest absolute Gasteiger partial charge is 0.341 e. The van der Waals surface area contributed by atoms with Gasteiger partial charge >= 0.3 is 5.97 Å². The predicted molar refractivity (Wildman–Crippen MR) is 111 cm³/mol. The van der Waals surface area contributed by atoms with Crippen LogP contribution in [0.2, 0.25) is 0 Å². The van der Waals surface area contributed by atoms with Crippen molar-refractivity contribution in [3.8, 4) is 0 Å². The van der Waals surface area contributed by atoms with Gasteiger partial charge in [-0.2, -0.15) is 0 Å². The van der Waals surface area contributed by atoms with Crippen LogP contribution in [0.5, 0.6) is 0 Å². The Balaban J connectivity index is 2.01. The van der Waals surface area contributed by atoms with E-state index in [1.54, 1.807) is 6.92 Å². The maximum absolute atomic E-state index is 12.5. The number of nitrogens with one attached hydrogen (secondary N) is 2. The lowest BCUT2D eigenvalue weighted by Crippen LogP contribution is -2.32. The maximum atomic E-state index is 12.5. The van der Waals surface area contributed by atoms with Crippen molar-refractivity contribution in [1.29, 1.82) is 0 Å². The number of esters is 1. The molecule has 2 rings (SSSR count). The number of anilines is 1. The van der Waals surface area contributed by atoms with Crippen molar-refractivity contribution in [3.05, 3.63) is 51.4 Å². The number of ether oxygens (including phenoxy) is 1. The average Bonchev–Trinajstić information content (AvgIpc) is 2.91. The summed E-state index contributed by atoms with van der Waals surface area (Å²) in [5.41, 5.74) is 3.20. The summed E-state index contributed by atoms with van der Waals surface area (Å²) in [4.78, 5) is 37.1. The molecule has 0 saturated heterocycles. The summed E-state index contributed by atoms with van der Waals surface area (Å²) in [6.07, 6.45) is 0.720. The largest absolute Gasteiger partial charge is 0.452 e. The molecule has 0 aliphatic heterocycles. The van der Waals surface area contributed by atoms with E-state index in [1.807, 2.05) is 45.0 Å². The third kappa shape index (κ3) is 5.42. The van der Waals surface area contributed by atoms with Gasteiger partial charge in [-0.3, -0.25) is 9.59 Å². The number of hydrogen-bond donors (Lipinski definition) is 2. The summed E-state index contributed by atoms with van der Waals surface area (Å²) in [7, 11) is 0. The minimum atomic E-state index is -0.621. The number of benzene rings is 1. The molecule has 0 fully saturated rings. The number of thiophene rings is 1. The Kier molecular flexibility index (Phi) is 7.34. The van der Waals surface area contributed by atoms with Crippen LogP contribution in [-0.2, 0) is 14.3 Å². The number of hydrogen-bond acceptors (Lipinski definition) is 5. The van der Waals surface area contributed by atoms with Crippen molar-refractivity contribution in [2.24, 2.45) is 0 Å². The molecule has 1 heterocycles.